The van der Waals surface area contributed by atoms with Crippen LogP contribution in [-0.4, -0.2) is 16.0 Å². The number of hydrogen-bond acceptors (Lipinski definition) is 6. The van der Waals surface area contributed by atoms with Gasteiger partial charge in [-0.15, -0.1) is 0 Å². The standard InChI is InChI=1S/C19H12ClFIN3O5/c20-14-9-11(22)1-6-16(14)23-12-2-4-13(5-3-12)30-18-15(21)7-10(19(26)24-27)8-17(18)25(28)29/h1-9,23,27H,(H,24,26). The number of rotatable bonds is 6. The summed E-state index contributed by atoms with van der Waals surface area (Å²) in [5.74, 6) is -2.74. The van der Waals surface area contributed by atoms with Crippen molar-refractivity contribution in [3.05, 3.63) is 84.7 Å². The second kappa shape index (κ2) is 9.24. The number of amides is 1. The summed E-state index contributed by atoms with van der Waals surface area (Å²) in [5, 5.41) is 23.6. The van der Waals surface area contributed by atoms with Gasteiger partial charge in [-0.2, -0.15) is 0 Å². The first-order valence-electron chi connectivity index (χ1n) is 8.21. The zero-order valence-electron chi connectivity index (χ0n) is 14.9. The molecule has 0 aliphatic rings. The van der Waals surface area contributed by atoms with Crippen LogP contribution < -0.4 is 15.5 Å². The van der Waals surface area contributed by atoms with E-state index in [0.717, 1.165) is 15.7 Å². The van der Waals surface area contributed by atoms with Gasteiger partial charge in [-0.25, -0.2) is 9.87 Å². The first-order valence-corrected chi connectivity index (χ1v) is 9.66. The molecule has 0 radical (unpaired) electrons. The van der Waals surface area contributed by atoms with E-state index in [4.69, 9.17) is 21.5 Å². The Morgan fingerprint density at radius 2 is 1.87 bits per heavy atom. The Hall–Kier alpha value is -2.96. The molecule has 154 valence electrons. The molecule has 0 atom stereocenters. The van der Waals surface area contributed by atoms with E-state index in [2.05, 4.69) is 27.9 Å². The third-order valence-electron chi connectivity index (χ3n) is 3.87. The first-order chi connectivity index (χ1) is 14.3. The van der Waals surface area contributed by atoms with Crippen LogP contribution in [0.1, 0.15) is 10.4 Å². The molecule has 0 saturated heterocycles. The fourth-order valence-corrected chi connectivity index (χ4v) is 3.38. The summed E-state index contributed by atoms with van der Waals surface area (Å²) >= 11 is 8.33. The number of carbonyl (C=O) groups excluding carboxylic acids is 1. The number of nitrogens with one attached hydrogen (secondary N) is 2. The molecule has 8 nitrogen and oxygen atoms in total. The molecule has 0 heterocycles. The summed E-state index contributed by atoms with van der Waals surface area (Å²) in [6.45, 7) is 0. The van der Waals surface area contributed by atoms with E-state index in [1.54, 1.807) is 18.2 Å². The number of nitrogens with zero attached hydrogens (tertiary/aromatic N) is 1. The Labute approximate surface area is 187 Å². The van der Waals surface area contributed by atoms with Gasteiger partial charge in [0, 0.05) is 15.3 Å². The normalized spacial score (nSPS) is 10.4. The number of ether oxygens (including phenoxy) is 1. The lowest BCUT2D eigenvalue weighted by atomic mass is 10.1. The van der Waals surface area contributed by atoms with E-state index in [1.165, 1.54) is 17.6 Å². The van der Waals surface area contributed by atoms with Crippen molar-refractivity contribution >= 4 is 57.2 Å². The van der Waals surface area contributed by atoms with Crippen LogP contribution in [0.5, 0.6) is 11.5 Å². The molecule has 0 aliphatic carbocycles. The molecule has 3 rings (SSSR count). The Morgan fingerprint density at radius 1 is 1.17 bits per heavy atom. The van der Waals surface area contributed by atoms with Crippen molar-refractivity contribution in [1.82, 2.24) is 5.48 Å². The average Bonchev–Trinajstić information content (AvgIpc) is 2.71. The van der Waals surface area contributed by atoms with Gasteiger partial charge in [0.15, 0.2) is 5.82 Å². The summed E-state index contributed by atoms with van der Waals surface area (Å²) in [5.41, 5.74) is 1.45. The minimum absolute atomic E-state index is 0.135. The lowest BCUT2D eigenvalue weighted by Gasteiger charge is -2.11. The van der Waals surface area contributed by atoms with E-state index in [1.807, 2.05) is 12.1 Å². The molecule has 0 saturated carbocycles. The Kier molecular flexibility index (Phi) is 6.70. The molecule has 0 bridgehead atoms. The van der Waals surface area contributed by atoms with E-state index < -0.39 is 33.6 Å². The topological polar surface area (TPSA) is 114 Å². The van der Waals surface area contributed by atoms with Gasteiger partial charge in [0.2, 0.25) is 5.75 Å². The summed E-state index contributed by atoms with van der Waals surface area (Å²) in [6.07, 6.45) is 0. The summed E-state index contributed by atoms with van der Waals surface area (Å²) in [7, 11) is 0. The van der Waals surface area contributed by atoms with Crippen LogP contribution in [-0.2, 0) is 0 Å². The molecule has 0 fully saturated rings. The van der Waals surface area contributed by atoms with Crippen LogP contribution in [0.3, 0.4) is 0 Å². The van der Waals surface area contributed by atoms with E-state index >= 15 is 0 Å². The third-order valence-corrected chi connectivity index (χ3v) is 4.85. The van der Waals surface area contributed by atoms with E-state index in [-0.39, 0.29) is 5.75 Å². The minimum atomic E-state index is -1.13. The number of nitro benzene ring substituents is 1. The maximum atomic E-state index is 14.4. The largest absolute Gasteiger partial charge is 0.447 e. The maximum Gasteiger partial charge on any atom is 0.315 e. The highest BCUT2D eigenvalue weighted by Gasteiger charge is 2.24. The van der Waals surface area contributed by atoms with Gasteiger partial charge in [0.05, 0.1) is 21.2 Å². The second-order valence-electron chi connectivity index (χ2n) is 5.88. The summed E-state index contributed by atoms with van der Waals surface area (Å²) in [4.78, 5) is 21.8. The van der Waals surface area contributed by atoms with Gasteiger partial charge < -0.3 is 10.1 Å². The molecule has 0 spiro atoms. The Balaban J connectivity index is 1.84. The van der Waals surface area contributed by atoms with E-state index in [9.17, 15) is 19.3 Å². The van der Waals surface area contributed by atoms with Gasteiger partial charge in [-0.3, -0.25) is 20.1 Å². The highest BCUT2D eigenvalue weighted by atomic mass is 127. The predicted molar refractivity (Wildman–Crippen MR) is 116 cm³/mol. The molecule has 0 aliphatic heterocycles. The molecule has 0 aromatic heterocycles. The van der Waals surface area contributed by atoms with Crippen molar-refractivity contribution in [3.63, 3.8) is 0 Å². The molecular weight excluding hydrogens is 532 g/mol. The summed E-state index contributed by atoms with van der Waals surface area (Å²) < 4.78 is 20.7. The van der Waals surface area contributed by atoms with Gasteiger partial charge >= 0.3 is 5.69 Å². The van der Waals surface area contributed by atoms with Crippen molar-refractivity contribution in [3.8, 4) is 11.5 Å². The van der Waals surface area contributed by atoms with Gasteiger partial charge in [-0.1, -0.05) is 11.6 Å². The van der Waals surface area contributed by atoms with Gasteiger partial charge in [0.25, 0.3) is 5.91 Å². The molecule has 0 unspecified atom stereocenters. The van der Waals surface area contributed by atoms with Crippen LogP contribution in [0.15, 0.2) is 54.6 Å². The highest BCUT2D eigenvalue weighted by Crippen LogP contribution is 2.36. The summed E-state index contributed by atoms with van der Waals surface area (Å²) in [6, 6.07) is 13.3. The molecular formula is C19H12ClFIN3O5. The zero-order chi connectivity index (χ0) is 21.8. The quantitative estimate of drug-likeness (QED) is 0.160. The lowest BCUT2D eigenvalue weighted by Crippen LogP contribution is -2.19. The minimum Gasteiger partial charge on any atom is -0.447 e. The molecule has 3 aromatic carbocycles. The fraction of sp³-hybridized carbons (Fsp3) is 0. The molecule has 3 N–H and O–H groups in total. The highest BCUT2D eigenvalue weighted by molar-refractivity contribution is 14.1. The lowest BCUT2D eigenvalue weighted by molar-refractivity contribution is -0.385. The monoisotopic (exact) mass is 543 g/mol. The van der Waals surface area contributed by atoms with Crippen molar-refractivity contribution in [2.24, 2.45) is 0 Å². The van der Waals surface area contributed by atoms with Crippen LogP contribution in [0.2, 0.25) is 5.02 Å². The fourth-order valence-electron chi connectivity index (χ4n) is 2.48. The number of halogens is 3. The number of anilines is 2. The predicted octanol–water partition coefficient (Wildman–Crippen LogP) is 5.65. The van der Waals surface area contributed by atoms with E-state index in [0.29, 0.717) is 16.4 Å². The maximum absolute atomic E-state index is 14.4. The molecule has 3 aromatic rings. The third kappa shape index (κ3) is 4.96. The number of benzene rings is 3. The SMILES string of the molecule is O=C(NO)c1cc(F)c(Oc2ccc(Nc3ccc(I)cc3Cl)cc2)c([N+](=O)[O-])c1. The smallest absolute Gasteiger partial charge is 0.315 e. The molecule has 1 amide bonds. The van der Waals surface area contributed by atoms with Gasteiger partial charge in [-0.05, 0) is 71.1 Å². The van der Waals surface area contributed by atoms with Crippen molar-refractivity contribution in [1.29, 1.82) is 0 Å². The van der Waals surface area contributed by atoms with Crippen LogP contribution in [0, 0.1) is 19.5 Å². The second-order valence-corrected chi connectivity index (χ2v) is 7.53. The van der Waals surface area contributed by atoms with Crippen molar-refractivity contribution < 1.29 is 24.1 Å². The number of hydroxylamine groups is 1. The van der Waals surface area contributed by atoms with Gasteiger partial charge in [0.1, 0.15) is 5.75 Å². The number of carbonyl (C=O) groups is 1. The first kappa shape index (κ1) is 21.7. The zero-order valence-corrected chi connectivity index (χ0v) is 17.8. The molecule has 30 heavy (non-hydrogen) atoms. The number of nitro groups is 1. The van der Waals surface area contributed by atoms with Crippen molar-refractivity contribution in [2.75, 3.05) is 5.32 Å². The molecule has 11 heteroatoms. The van der Waals surface area contributed by atoms with Crippen LogP contribution >= 0.6 is 34.2 Å². The Bertz CT molecular complexity index is 1130. The Morgan fingerprint density at radius 3 is 2.47 bits per heavy atom. The average molecular weight is 544 g/mol. The van der Waals surface area contributed by atoms with Crippen LogP contribution in [0.25, 0.3) is 0 Å². The van der Waals surface area contributed by atoms with Crippen LogP contribution in [0.4, 0.5) is 21.5 Å². The number of hydrogen-bond donors (Lipinski definition) is 3. The van der Waals surface area contributed by atoms with Crippen molar-refractivity contribution in [2.45, 2.75) is 0 Å².